The molecule has 9 nitrogen and oxygen atoms in total. The lowest BCUT2D eigenvalue weighted by molar-refractivity contribution is -0.156. The van der Waals surface area contributed by atoms with Crippen LogP contribution in [0.25, 0.3) is 0 Å². The summed E-state index contributed by atoms with van der Waals surface area (Å²) in [5.74, 6) is -1.99. The van der Waals surface area contributed by atoms with Crippen LogP contribution in [0.15, 0.2) is 23.1 Å². The highest BCUT2D eigenvalue weighted by Crippen LogP contribution is 2.33. The Labute approximate surface area is 168 Å². The SMILES string of the molecule is CC(OC(=O)CNS(=O)(=O)c1cc(C(F)(F)F)ccc1Cl)C(=O)N1CCNC1=O. The van der Waals surface area contributed by atoms with Gasteiger partial charge in [-0.15, -0.1) is 0 Å². The molecule has 29 heavy (non-hydrogen) atoms. The fourth-order valence-electron chi connectivity index (χ4n) is 2.31. The van der Waals surface area contributed by atoms with Crippen molar-refractivity contribution in [2.75, 3.05) is 19.6 Å². The predicted molar refractivity (Wildman–Crippen MR) is 92.3 cm³/mol. The molecule has 1 atom stereocenters. The van der Waals surface area contributed by atoms with Crippen LogP contribution < -0.4 is 10.0 Å². The van der Waals surface area contributed by atoms with E-state index in [1.165, 1.54) is 6.92 Å². The molecule has 1 aliphatic rings. The first-order valence-corrected chi connectivity index (χ1v) is 9.84. The van der Waals surface area contributed by atoms with Gasteiger partial charge in [-0.05, 0) is 25.1 Å². The lowest BCUT2D eigenvalue weighted by Gasteiger charge is -2.18. The third-order valence-electron chi connectivity index (χ3n) is 3.73. The summed E-state index contributed by atoms with van der Waals surface area (Å²) in [6.45, 7) is 0.533. The first-order chi connectivity index (χ1) is 13.3. The van der Waals surface area contributed by atoms with Crippen molar-refractivity contribution in [3.63, 3.8) is 0 Å². The number of sulfonamides is 1. The Balaban J connectivity index is 2.02. The van der Waals surface area contributed by atoms with Crippen molar-refractivity contribution in [1.82, 2.24) is 14.9 Å². The molecule has 3 amide bonds. The van der Waals surface area contributed by atoms with E-state index in [2.05, 4.69) is 5.32 Å². The number of hydrogen-bond donors (Lipinski definition) is 2. The van der Waals surface area contributed by atoms with Crippen LogP contribution in [0.2, 0.25) is 5.02 Å². The van der Waals surface area contributed by atoms with Crippen molar-refractivity contribution in [3.05, 3.63) is 28.8 Å². The summed E-state index contributed by atoms with van der Waals surface area (Å²) in [6.07, 6.45) is -6.18. The van der Waals surface area contributed by atoms with E-state index in [1.54, 1.807) is 4.72 Å². The van der Waals surface area contributed by atoms with E-state index in [0.29, 0.717) is 12.1 Å². The summed E-state index contributed by atoms with van der Waals surface area (Å²) in [5.41, 5.74) is -1.24. The highest BCUT2D eigenvalue weighted by atomic mass is 35.5. The van der Waals surface area contributed by atoms with E-state index < -0.39 is 62.2 Å². The van der Waals surface area contributed by atoms with Gasteiger partial charge in [0.05, 0.1) is 10.6 Å². The molecule has 0 radical (unpaired) electrons. The van der Waals surface area contributed by atoms with E-state index >= 15 is 0 Å². The average Bonchev–Trinajstić information content (AvgIpc) is 3.04. The number of alkyl halides is 3. The largest absolute Gasteiger partial charge is 0.452 e. The summed E-state index contributed by atoms with van der Waals surface area (Å²) < 4.78 is 69.3. The minimum atomic E-state index is -4.80. The smallest absolute Gasteiger partial charge is 0.416 e. The van der Waals surface area contributed by atoms with Crippen LogP contribution in [0.4, 0.5) is 18.0 Å². The normalized spacial score (nSPS) is 15.8. The Morgan fingerprint density at radius 1 is 1.38 bits per heavy atom. The summed E-state index contributed by atoms with van der Waals surface area (Å²) in [6, 6.07) is 1.04. The summed E-state index contributed by atoms with van der Waals surface area (Å²) in [5, 5.41) is 1.90. The first-order valence-electron chi connectivity index (χ1n) is 7.98. The standard InChI is InChI=1S/C15H15ClF3N3O6S/c1-8(13(24)22-5-4-20-14(22)25)28-12(23)7-21-29(26,27)11-6-9(15(17,18)19)2-3-10(11)16/h2-3,6,8,21H,4-5,7H2,1H3,(H,20,25). The topological polar surface area (TPSA) is 122 Å². The molecule has 1 saturated heterocycles. The lowest BCUT2D eigenvalue weighted by Crippen LogP contribution is -2.43. The maximum atomic E-state index is 12.8. The molecule has 1 unspecified atom stereocenters. The van der Waals surface area contributed by atoms with Crippen LogP contribution >= 0.6 is 11.6 Å². The number of rotatable bonds is 6. The second-order valence-corrected chi connectivity index (χ2v) is 7.96. The zero-order chi connectivity index (χ0) is 22.0. The minimum absolute atomic E-state index is 0.0836. The number of urea groups is 1. The highest BCUT2D eigenvalue weighted by Gasteiger charge is 2.34. The monoisotopic (exact) mass is 457 g/mol. The van der Waals surface area contributed by atoms with E-state index in [9.17, 15) is 36.0 Å². The zero-order valence-corrected chi connectivity index (χ0v) is 16.3. The molecule has 1 heterocycles. The highest BCUT2D eigenvalue weighted by molar-refractivity contribution is 7.89. The van der Waals surface area contributed by atoms with Crippen molar-refractivity contribution >= 4 is 39.5 Å². The van der Waals surface area contributed by atoms with Crippen molar-refractivity contribution in [3.8, 4) is 0 Å². The molecule has 2 rings (SSSR count). The quantitative estimate of drug-likeness (QED) is 0.617. The number of hydrogen-bond acceptors (Lipinski definition) is 6. The van der Waals surface area contributed by atoms with Gasteiger partial charge in [-0.25, -0.2) is 13.2 Å². The number of amides is 3. The zero-order valence-electron chi connectivity index (χ0n) is 14.7. The third-order valence-corrected chi connectivity index (χ3v) is 5.62. The van der Waals surface area contributed by atoms with Crippen molar-refractivity contribution in [2.24, 2.45) is 0 Å². The Kier molecular flexibility index (Phi) is 6.75. The average molecular weight is 458 g/mol. The number of halogens is 4. The van der Waals surface area contributed by atoms with Crippen molar-refractivity contribution < 1.29 is 40.7 Å². The number of imide groups is 1. The fourth-order valence-corrected chi connectivity index (χ4v) is 3.80. The maximum absolute atomic E-state index is 12.8. The molecule has 1 fully saturated rings. The molecular weight excluding hydrogens is 443 g/mol. The van der Waals surface area contributed by atoms with Gasteiger partial charge in [0.1, 0.15) is 11.4 Å². The molecule has 2 N–H and O–H groups in total. The summed E-state index contributed by atoms with van der Waals surface area (Å²) in [7, 11) is -4.59. The van der Waals surface area contributed by atoms with Crippen LogP contribution in [-0.4, -0.2) is 57.0 Å². The maximum Gasteiger partial charge on any atom is 0.416 e. The van der Waals surface area contributed by atoms with E-state index in [4.69, 9.17) is 16.3 Å². The fraction of sp³-hybridized carbons (Fsp3) is 0.400. The Morgan fingerprint density at radius 3 is 2.59 bits per heavy atom. The van der Waals surface area contributed by atoms with Crippen molar-refractivity contribution in [2.45, 2.75) is 24.1 Å². The van der Waals surface area contributed by atoms with Crippen molar-refractivity contribution in [1.29, 1.82) is 0 Å². The molecule has 0 aliphatic carbocycles. The number of benzene rings is 1. The van der Waals surface area contributed by atoms with Gasteiger partial charge >= 0.3 is 18.2 Å². The number of nitrogens with zero attached hydrogens (tertiary/aromatic N) is 1. The van der Waals surface area contributed by atoms with Crippen LogP contribution in [0.5, 0.6) is 0 Å². The van der Waals surface area contributed by atoms with E-state index in [-0.39, 0.29) is 13.1 Å². The number of carbonyl (C=O) groups is 3. The van der Waals surface area contributed by atoms with Crippen LogP contribution in [0.3, 0.4) is 0 Å². The second kappa shape index (κ2) is 8.55. The van der Waals surface area contributed by atoms with Crippen LogP contribution in [0.1, 0.15) is 12.5 Å². The number of carbonyl (C=O) groups excluding carboxylic acids is 3. The van der Waals surface area contributed by atoms with Gasteiger partial charge in [-0.2, -0.15) is 17.9 Å². The van der Waals surface area contributed by atoms with Gasteiger partial charge in [0.2, 0.25) is 10.0 Å². The number of esters is 1. The van der Waals surface area contributed by atoms with Gasteiger partial charge in [0, 0.05) is 13.1 Å². The molecule has 1 aromatic carbocycles. The van der Waals surface area contributed by atoms with Gasteiger partial charge in [0.25, 0.3) is 5.91 Å². The predicted octanol–water partition coefficient (Wildman–Crippen LogP) is 1.12. The third kappa shape index (κ3) is 5.58. The summed E-state index contributed by atoms with van der Waals surface area (Å²) in [4.78, 5) is 35.2. The molecule has 1 aromatic rings. The molecular formula is C15H15ClF3N3O6S. The minimum Gasteiger partial charge on any atom is -0.452 e. The first kappa shape index (κ1) is 22.9. The van der Waals surface area contributed by atoms with E-state index in [1.807, 2.05) is 0 Å². The van der Waals surface area contributed by atoms with Gasteiger partial charge in [-0.3, -0.25) is 14.5 Å². The number of ether oxygens (including phenoxy) is 1. The molecule has 0 bridgehead atoms. The van der Waals surface area contributed by atoms with Gasteiger partial charge in [-0.1, -0.05) is 11.6 Å². The van der Waals surface area contributed by atoms with Gasteiger partial charge in [0.15, 0.2) is 6.10 Å². The van der Waals surface area contributed by atoms with Crippen LogP contribution in [0, 0.1) is 0 Å². The second-order valence-electron chi connectivity index (χ2n) is 5.82. The number of nitrogens with one attached hydrogen (secondary N) is 2. The Morgan fingerprint density at radius 2 is 2.03 bits per heavy atom. The molecule has 0 saturated carbocycles. The molecule has 1 aliphatic heterocycles. The van der Waals surface area contributed by atoms with Gasteiger partial charge < -0.3 is 10.1 Å². The summed E-state index contributed by atoms with van der Waals surface area (Å²) >= 11 is 5.67. The molecule has 160 valence electrons. The molecule has 14 heteroatoms. The lowest BCUT2D eigenvalue weighted by atomic mass is 10.2. The van der Waals surface area contributed by atoms with Crippen LogP contribution in [-0.2, 0) is 30.5 Å². The Hall–Kier alpha value is -2.38. The molecule has 0 spiro atoms. The Bertz CT molecular complexity index is 938. The molecule has 0 aromatic heterocycles. The van der Waals surface area contributed by atoms with E-state index in [0.717, 1.165) is 11.0 Å².